The third kappa shape index (κ3) is 7.81. The summed E-state index contributed by atoms with van der Waals surface area (Å²) in [6.45, 7) is 6.68. The summed E-state index contributed by atoms with van der Waals surface area (Å²) < 4.78 is 5.19. The molecule has 0 spiro atoms. The Hall–Kier alpha value is -1.87. The van der Waals surface area contributed by atoms with Crippen LogP contribution in [0.4, 0.5) is 0 Å². The molecule has 2 aromatic rings. The molecule has 0 unspecified atom stereocenters. The van der Waals surface area contributed by atoms with Gasteiger partial charge < -0.3 is 15.4 Å². The number of hydrogen-bond acceptors (Lipinski definition) is 4. The molecule has 0 saturated carbocycles. The first-order valence-electron chi connectivity index (χ1n) is 10.1. The molecule has 1 aliphatic rings. The Labute approximate surface area is 191 Å². The minimum Gasteiger partial charge on any atom is -0.481 e. The lowest BCUT2D eigenvalue weighted by Crippen LogP contribution is -2.48. The number of aromatic nitrogens is 1. The first-order chi connectivity index (χ1) is 13.8. The summed E-state index contributed by atoms with van der Waals surface area (Å²) in [7, 11) is 1.63. The maximum atomic E-state index is 5.19. The highest BCUT2D eigenvalue weighted by Crippen LogP contribution is 2.14. The van der Waals surface area contributed by atoms with Crippen LogP contribution in [0.1, 0.15) is 31.0 Å². The summed E-state index contributed by atoms with van der Waals surface area (Å²) in [6.07, 6.45) is 2.24. The van der Waals surface area contributed by atoms with Gasteiger partial charge in [-0.15, -0.1) is 24.0 Å². The van der Waals surface area contributed by atoms with Crippen molar-refractivity contribution < 1.29 is 4.74 Å². The number of piperidine rings is 1. The molecule has 0 atom stereocenters. The predicted octanol–water partition coefficient (Wildman–Crippen LogP) is 3.43. The minimum absolute atomic E-state index is 0. The van der Waals surface area contributed by atoms with E-state index in [4.69, 9.17) is 9.73 Å². The van der Waals surface area contributed by atoms with Crippen molar-refractivity contribution in [2.75, 3.05) is 26.7 Å². The normalized spacial score (nSPS) is 15.4. The Morgan fingerprint density at radius 2 is 1.90 bits per heavy atom. The number of methoxy groups -OCH3 is 1. The van der Waals surface area contributed by atoms with Gasteiger partial charge in [-0.25, -0.2) is 9.98 Å². The van der Waals surface area contributed by atoms with Crippen LogP contribution in [0.25, 0.3) is 0 Å². The van der Waals surface area contributed by atoms with Gasteiger partial charge in [-0.1, -0.05) is 36.4 Å². The minimum atomic E-state index is 0. The molecule has 1 saturated heterocycles. The van der Waals surface area contributed by atoms with Crippen molar-refractivity contribution in [1.82, 2.24) is 20.5 Å². The van der Waals surface area contributed by atoms with E-state index in [1.54, 1.807) is 7.11 Å². The fourth-order valence-electron chi connectivity index (χ4n) is 3.41. The quantitative estimate of drug-likeness (QED) is 0.340. The summed E-state index contributed by atoms with van der Waals surface area (Å²) >= 11 is 0. The van der Waals surface area contributed by atoms with Crippen LogP contribution in [0.5, 0.6) is 5.88 Å². The summed E-state index contributed by atoms with van der Waals surface area (Å²) in [4.78, 5) is 11.7. The van der Waals surface area contributed by atoms with Crippen molar-refractivity contribution in [2.24, 2.45) is 4.99 Å². The highest BCUT2D eigenvalue weighted by molar-refractivity contribution is 14.0. The van der Waals surface area contributed by atoms with Gasteiger partial charge in [-0.05, 0) is 31.4 Å². The number of nitrogens with zero attached hydrogens (tertiary/aromatic N) is 3. The maximum Gasteiger partial charge on any atom is 0.213 e. The second kappa shape index (κ2) is 12.6. The zero-order valence-corrected chi connectivity index (χ0v) is 19.6. The van der Waals surface area contributed by atoms with Gasteiger partial charge in [-0.3, -0.25) is 4.90 Å². The van der Waals surface area contributed by atoms with Gasteiger partial charge in [0.25, 0.3) is 0 Å². The van der Waals surface area contributed by atoms with Gasteiger partial charge in [-0.2, -0.15) is 0 Å². The first kappa shape index (κ1) is 23.4. The number of aliphatic imine (C=N–C) groups is 1. The Bertz CT molecular complexity index is 748. The molecule has 7 heteroatoms. The third-order valence-electron chi connectivity index (χ3n) is 4.91. The second-order valence-electron chi connectivity index (χ2n) is 7.05. The molecule has 1 aromatic carbocycles. The number of nitrogens with one attached hydrogen (secondary N) is 2. The Morgan fingerprint density at radius 1 is 1.14 bits per heavy atom. The standard InChI is InChI=1S/C22H31N5O.HI/c1-3-23-22(24-16-20-10-7-11-21(25-20)28-2)26-19-12-14-27(15-13-19)17-18-8-5-4-6-9-18;/h4-11,19H,3,12-17H2,1-2H3,(H2,23,24,26);1H. The van der Waals surface area contributed by atoms with E-state index in [1.807, 2.05) is 18.2 Å². The molecule has 6 nitrogen and oxygen atoms in total. The topological polar surface area (TPSA) is 61.8 Å². The smallest absolute Gasteiger partial charge is 0.213 e. The van der Waals surface area contributed by atoms with Crippen LogP contribution in [0.2, 0.25) is 0 Å². The number of likely N-dealkylation sites (tertiary alicyclic amines) is 1. The van der Waals surface area contributed by atoms with Crippen molar-refractivity contribution in [3.05, 3.63) is 59.8 Å². The molecule has 0 bridgehead atoms. The van der Waals surface area contributed by atoms with Gasteiger partial charge in [0, 0.05) is 38.3 Å². The number of benzene rings is 1. The molecule has 158 valence electrons. The van der Waals surface area contributed by atoms with Crippen molar-refractivity contribution in [3.63, 3.8) is 0 Å². The Kier molecular flexibility index (Phi) is 10.2. The average Bonchev–Trinajstić information content (AvgIpc) is 2.74. The molecule has 1 aliphatic heterocycles. The van der Waals surface area contributed by atoms with E-state index >= 15 is 0 Å². The highest BCUT2D eigenvalue weighted by Gasteiger charge is 2.20. The van der Waals surface area contributed by atoms with Crippen molar-refractivity contribution in [1.29, 1.82) is 0 Å². The van der Waals surface area contributed by atoms with E-state index in [9.17, 15) is 0 Å². The summed E-state index contributed by atoms with van der Waals surface area (Å²) in [6, 6.07) is 16.9. The predicted molar refractivity (Wildman–Crippen MR) is 129 cm³/mol. The average molecular weight is 509 g/mol. The van der Waals surface area contributed by atoms with Crippen LogP contribution in [0.3, 0.4) is 0 Å². The number of rotatable bonds is 7. The van der Waals surface area contributed by atoms with Crippen molar-refractivity contribution in [2.45, 2.75) is 38.9 Å². The van der Waals surface area contributed by atoms with Gasteiger partial charge in [0.1, 0.15) is 0 Å². The highest BCUT2D eigenvalue weighted by atomic mass is 127. The van der Waals surface area contributed by atoms with Gasteiger partial charge in [0.05, 0.1) is 19.3 Å². The van der Waals surface area contributed by atoms with Crippen molar-refractivity contribution >= 4 is 29.9 Å². The molecule has 0 radical (unpaired) electrons. The van der Waals surface area contributed by atoms with Crippen molar-refractivity contribution in [3.8, 4) is 5.88 Å². The largest absolute Gasteiger partial charge is 0.481 e. The first-order valence-corrected chi connectivity index (χ1v) is 10.1. The van der Waals surface area contributed by atoms with E-state index < -0.39 is 0 Å². The molecule has 1 aromatic heterocycles. The summed E-state index contributed by atoms with van der Waals surface area (Å²) in [5.74, 6) is 1.48. The Balaban J connectivity index is 0.00000300. The molecule has 0 amide bonds. The van der Waals surface area contributed by atoms with Crippen LogP contribution in [-0.2, 0) is 13.1 Å². The number of hydrogen-bond donors (Lipinski definition) is 2. The van der Waals surface area contributed by atoms with Gasteiger partial charge in [0.15, 0.2) is 5.96 Å². The van der Waals surface area contributed by atoms with Crippen LogP contribution in [0.15, 0.2) is 53.5 Å². The van der Waals surface area contributed by atoms with Crippen LogP contribution in [0, 0.1) is 0 Å². The molecule has 2 N–H and O–H groups in total. The Morgan fingerprint density at radius 3 is 2.59 bits per heavy atom. The van der Waals surface area contributed by atoms with Crippen LogP contribution < -0.4 is 15.4 Å². The summed E-state index contributed by atoms with van der Waals surface area (Å²) in [5, 5.41) is 6.94. The van der Waals surface area contributed by atoms with E-state index in [0.29, 0.717) is 18.5 Å². The monoisotopic (exact) mass is 509 g/mol. The molecular formula is C22H32IN5O. The molecule has 1 fully saturated rings. The van der Waals surface area contributed by atoms with E-state index in [-0.39, 0.29) is 24.0 Å². The lowest BCUT2D eigenvalue weighted by Gasteiger charge is -2.33. The van der Waals surface area contributed by atoms with Gasteiger partial charge in [0.2, 0.25) is 5.88 Å². The number of guanidine groups is 1. The summed E-state index contributed by atoms with van der Waals surface area (Å²) in [5.41, 5.74) is 2.28. The molecule has 3 rings (SSSR count). The second-order valence-corrected chi connectivity index (χ2v) is 7.05. The van der Waals surface area contributed by atoms with E-state index in [1.165, 1.54) is 5.56 Å². The third-order valence-corrected chi connectivity index (χ3v) is 4.91. The van der Waals surface area contributed by atoms with E-state index in [2.05, 4.69) is 57.8 Å². The molecule has 2 heterocycles. The zero-order valence-electron chi connectivity index (χ0n) is 17.3. The van der Waals surface area contributed by atoms with Crippen LogP contribution >= 0.6 is 24.0 Å². The SMILES string of the molecule is CCNC(=NCc1cccc(OC)n1)NC1CCN(Cc2ccccc2)CC1.I. The lowest BCUT2D eigenvalue weighted by atomic mass is 10.0. The fraction of sp³-hybridized carbons (Fsp3) is 0.455. The van der Waals surface area contributed by atoms with Gasteiger partial charge >= 0.3 is 0 Å². The zero-order chi connectivity index (χ0) is 19.6. The molecule has 0 aliphatic carbocycles. The molecular weight excluding hydrogens is 477 g/mol. The number of ether oxygens (including phenoxy) is 1. The maximum absolute atomic E-state index is 5.19. The lowest BCUT2D eigenvalue weighted by molar-refractivity contribution is 0.198. The van der Waals surface area contributed by atoms with Crippen LogP contribution in [-0.4, -0.2) is 48.6 Å². The number of halogens is 1. The fourth-order valence-corrected chi connectivity index (χ4v) is 3.41. The number of pyridine rings is 1. The molecule has 29 heavy (non-hydrogen) atoms. The van der Waals surface area contributed by atoms with E-state index in [0.717, 1.165) is 50.7 Å².